The van der Waals surface area contributed by atoms with Gasteiger partial charge in [0.05, 0.1) is 5.60 Å². The number of rotatable bonds is 3. The molecule has 2 aromatic rings. The van der Waals surface area contributed by atoms with Gasteiger partial charge in [-0.3, -0.25) is 0 Å². The third kappa shape index (κ3) is 2.62. The van der Waals surface area contributed by atoms with Crippen molar-refractivity contribution >= 4 is 0 Å². The average Bonchev–Trinajstić information content (AvgIpc) is 2.32. The SMILES string of the molecule is Cc1ccccc1CC(C)(O)c1ccccc1C. The second kappa shape index (κ2) is 4.95. The molecule has 1 atom stereocenters. The van der Waals surface area contributed by atoms with Gasteiger partial charge in [0.25, 0.3) is 0 Å². The van der Waals surface area contributed by atoms with Crippen molar-refractivity contribution in [2.75, 3.05) is 0 Å². The maximum absolute atomic E-state index is 10.7. The zero-order valence-corrected chi connectivity index (χ0v) is 11.3. The van der Waals surface area contributed by atoms with Crippen LogP contribution in [0.1, 0.15) is 29.2 Å². The van der Waals surface area contributed by atoms with Crippen LogP contribution >= 0.6 is 0 Å². The monoisotopic (exact) mass is 240 g/mol. The number of hydrogen-bond donors (Lipinski definition) is 1. The van der Waals surface area contributed by atoms with Gasteiger partial charge in [0.15, 0.2) is 0 Å². The van der Waals surface area contributed by atoms with Gasteiger partial charge < -0.3 is 5.11 Å². The molecule has 0 aliphatic heterocycles. The van der Waals surface area contributed by atoms with Crippen LogP contribution in [0.4, 0.5) is 0 Å². The van der Waals surface area contributed by atoms with Crippen molar-refractivity contribution in [3.05, 3.63) is 70.8 Å². The van der Waals surface area contributed by atoms with Gasteiger partial charge in [-0.25, -0.2) is 0 Å². The summed E-state index contributed by atoms with van der Waals surface area (Å²) in [6.45, 7) is 6.02. The topological polar surface area (TPSA) is 20.2 Å². The Labute approximate surface area is 109 Å². The lowest BCUT2D eigenvalue weighted by molar-refractivity contribution is 0.0568. The maximum Gasteiger partial charge on any atom is 0.0911 e. The van der Waals surface area contributed by atoms with Crippen molar-refractivity contribution in [1.82, 2.24) is 0 Å². The third-order valence-corrected chi connectivity index (χ3v) is 3.52. The molecule has 94 valence electrons. The smallest absolute Gasteiger partial charge is 0.0911 e. The Bertz CT molecular complexity index is 541. The molecule has 0 aliphatic rings. The van der Waals surface area contributed by atoms with E-state index in [1.54, 1.807) is 0 Å². The second-order valence-electron chi connectivity index (χ2n) is 5.19. The molecule has 0 radical (unpaired) electrons. The fraction of sp³-hybridized carbons (Fsp3) is 0.294. The van der Waals surface area contributed by atoms with Crippen molar-refractivity contribution in [2.24, 2.45) is 0 Å². The lowest BCUT2D eigenvalue weighted by Crippen LogP contribution is -2.25. The maximum atomic E-state index is 10.7. The first-order chi connectivity index (χ1) is 8.50. The zero-order valence-electron chi connectivity index (χ0n) is 11.3. The molecule has 0 saturated carbocycles. The Kier molecular flexibility index (Phi) is 3.53. The Balaban J connectivity index is 2.33. The Morgan fingerprint density at radius 1 is 0.889 bits per heavy atom. The number of aliphatic hydroxyl groups is 1. The fourth-order valence-corrected chi connectivity index (χ4v) is 2.45. The van der Waals surface area contributed by atoms with Crippen molar-refractivity contribution in [3.8, 4) is 0 Å². The molecule has 2 rings (SSSR count). The summed E-state index contributed by atoms with van der Waals surface area (Å²) in [6, 6.07) is 16.3. The second-order valence-corrected chi connectivity index (χ2v) is 5.19. The number of aryl methyl sites for hydroxylation is 2. The quantitative estimate of drug-likeness (QED) is 0.866. The molecule has 1 N–H and O–H groups in total. The van der Waals surface area contributed by atoms with Crippen LogP contribution in [0.15, 0.2) is 48.5 Å². The molecule has 0 bridgehead atoms. The summed E-state index contributed by atoms with van der Waals surface area (Å²) in [5.41, 5.74) is 3.75. The zero-order chi connectivity index (χ0) is 13.2. The Morgan fingerprint density at radius 2 is 1.44 bits per heavy atom. The summed E-state index contributed by atoms with van der Waals surface area (Å²) in [6.07, 6.45) is 0.643. The highest BCUT2D eigenvalue weighted by Gasteiger charge is 2.25. The van der Waals surface area contributed by atoms with Gasteiger partial charge in [0, 0.05) is 6.42 Å². The molecule has 0 heterocycles. The van der Waals surface area contributed by atoms with Crippen LogP contribution in [-0.2, 0) is 12.0 Å². The number of hydrogen-bond acceptors (Lipinski definition) is 1. The van der Waals surface area contributed by atoms with E-state index in [2.05, 4.69) is 19.1 Å². The lowest BCUT2D eigenvalue weighted by atomic mass is 9.85. The highest BCUT2D eigenvalue weighted by Crippen LogP contribution is 2.28. The molecule has 0 spiro atoms. The van der Waals surface area contributed by atoms with Crippen molar-refractivity contribution < 1.29 is 5.11 Å². The summed E-state index contributed by atoms with van der Waals surface area (Å²) in [5.74, 6) is 0. The fourth-order valence-electron chi connectivity index (χ4n) is 2.45. The van der Waals surface area contributed by atoms with Crippen LogP contribution < -0.4 is 0 Å². The van der Waals surface area contributed by atoms with E-state index in [4.69, 9.17) is 0 Å². The minimum Gasteiger partial charge on any atom is -0.385 e. The normalized spacial score (nSPS) is 14.2. The van der Waals surface area contributed by atoms with Gasteiger partial charge >= 0.3 is 0 Å². The standard InChI is InChI=1S/C17H20O/c1-13-8-4-6-10-15(13)12-17(3,18)16-11-7-5-9-14(16)2/h4-11,18H,12H2,1-3H3. The highest BCUT2D eigenvalue weighted by molar-refractivity contribution is 5.34. The van der Waals surface area contributed by atoms with Crippen molar-refractivity contribution in [3.63, 3.8) is 0 Å². The largest absolute Gasteiger partial charge is 0.385 e. The first-order valence-electron chi connectivity index (χ1n) is 6.34. The van der Waals surface area contributed by atoms with Crippen molar-refractivity contribution in [2.45, 2.75) is 32.8 Å². The van der Waals surface area contributed by atoms with E-state index in [1.807, 2.05) is 50.2 Å². The van der Waals surface area contributed by atoms with Crippen LogP contribution in [0.3, 0.4) is 0 Å². The molecular weight excluding hydrogens is 220 g/mol. The lowest BCUT2D eigenvalue weighted by Gasteiger charge is -2.26. The van der Waals surface area contributed by atoms with Gasteiger partial charge in [-0.05, 0) is 43.0 Å². The minimum atomic E-state index is -0.822. The molecule has 1 heteroatoms. The van der Waals surface area contributed by atoms with Crippen LogP contribution in [-0.4, -0.2) is 5.11 Å². The molecule has 0 saturated heterocycles. The minimum absolute atomic E-state index is 0.643. The molecule has 0 fully saturated rings. The van der Waals surface area contributed by atoms with E-state index in [-0.39, 0.29) is 0 Å². The Hall–Kier alpha value is -1.60. The van der Waals surface area contributed by atoms with Gasteiger partial charge in [0.2, 0.25) is 0 Å². The highest BCUT2D eigenvalue weighted by atomic mass is 16.3. The predicted octanol–water partition coefficient (Wildman–Crippen LogP) is 3.75. The van der Waals surface area contributed by atoms with Crippen LogP contribution in [0.2, 0.25) is 0 Å². The molecule has 1 nitrogen and oxygen atoms in total. The molecule has 2 aromatic carbocycles. The molecule has 0 aromatic heterocycles. The van der Waals surface area contributed by atoms with E-state index in [0.717, 1.165) is 11.1 Å². The summed E-state index contributed by atoms with van der Waals surface area (Å²) >= 11 is 0. The van der Waals surface area contributed by atoms with Gasteiger partial charge in [-0.1, -0.05) is 48.5 Å². The number of benzene rings is 2. The molecule has 0 aliphatic carbocycles. The molecule has 0 amide bonds. The van der Waals surface area contributed by atoms with E-state index in [1.165, 1.54) is 11.1 Å². The molecule has 1 unspecified atom stereocenters. The van der Waals surface area contributed by atoms with E-state index in [0.29, 0.717) is 6.42 Å². The molecule has 18 heavy (non-hydrogen) atoms. The van der Waals surface area contributed by atoms with E-state index < -0.39 is 5.60 Å². The van der Waals surface area contributed by atoms with E-state index in [9.17, 15) is 5.11 Å². The third-order valence-electron chi connectivity index (χ3n) is 3.52. The first kappa shape index (κ1) is 12.8. The average molecular weight is 240 g/mol. The van der Waals surface area contributed by atoms with Gasteiger partial charge in [0.1, 0.15) is 0 Å². The van der Waals surface area contributed by atoms with Crippen LogP contribution in [0.5, 0.6) is 0 Å². The summed E-state index contributed by atoms with van der Waals surface area (Å²) in [7, 11) is 0. The van der Waals surface area contributed by atoms with Crippen LogP contribution in [0.25, 0.3) is 0 Å². The summed E-state index contributed by atoms with van der Waals surface area (Å²) in [5, 5.41) is 10.7. The van der Waals surface area contributed by atoms with Gasteiger partial charge in [-0.15, -0.1) is 0 Å². The summed E-state index contributed by atoms with van der Waals surface area (Å²) < 4.78 is 0. The van der Waals surface area contributed by atoms with Crippen molar-refractivity contribution in [1.29, 1.82) is 0 Å². The first-order valence-corrected chi connectivity index (χ1v) is 6.34. The Morgan fingerprint density at radius 3 is 2.06 bits per heavy atom. The van der Waals surface area contributed by atoms with E-state index >= 15 is 0 Å². The van der Waals surface area contributed by atoms with Crippen LogP contribution in [0, 0.1) is 13.8 Å². The summed E-state index contributed by atoms with van der Waals surface area (Å²) in [4.78, 5) is 0. The predicted molar refractivity (Wildman–Crippen MR) is 75.6 cm³/mol. The van der Waals surface area contributed by atoms with Gasteiger partial charge in [-0.2, -0.15) is 0 Å². The molecular formula is C17H20O.